The maximum Gasteiger partial charge on any atom is 0.255 e. The summed E-state index contributed by atoms with van der Waals surface area (Å²) >= 11 is 1.42. The number of hydrogen-bond donors (Lipinski definition) is 2. The van der Waals surface area contributed by atoms with Crippen LogP contribution in [0, 0.1) is 4.91 Å². The van der Waals surface area contributed by atoms with E-state index in [0.29, 0.717) is 24.0 Å². The minimum absolute atomic E-state index is 0.0210. The highest BCUT2D eigenvalue weighted by molar-refractivity contribution is 7.11. The number of piperidine rings is 1. The molecule has 0 radical (unpaired) electrons. The molecule has 0 aromatic carbocycles. The van der Waals surface area contributed by atoms with E-state index in [4.69, 9.17) is 11.6 Å². The van der Waals surface area contributed by atoms with E-state index in [0.717, 1.165) is 35.4 Å². The molecule has 9 heteroatoms. The van der Waals surface area contributed by atoms with Gasteiger partial charge in [-0.05, 0) is 37.0 Å². The van der Waals surface area contributed by atoms with Crippen LogP contribution in [0.5, 0.6) is 0 Å². The van der Waals surface area contributed by atoms with Crippen LogP contribution in [0.4, 0.5) is 0 Å². The van der Waals surface area contributed by atoms with E-state index in [1.54, 1.807) is 6.20 Å². The van der Waals surface area contributed by atoms with E-state index in [1.807, 2.05) is 28.5 Å². The molecule has 2 bridgehead atoms. The Kier molecular flexibility index (Phi) is 5.86. The van der Waals surface area contributed by atoms with Crippen molar-refractivity contribution in [1.29, 1.82) is 0 Å². The summed E-state index contributed by atoms with van der Waals surface area (Å²) in [7, 11) is 0. The van der Waals surface area contributed by atoms with Crippen LogP contribution in [0.15, 0.2) is 46.3 Å². The molecule has 1 amide bonds. The van der Waals surface area contributed by atoms with Crippen molar-refractivity contribution in [2.45, 2.75) is 56.7 Å². The number of nitrogens with two attached hydrogens (primary N) is 2. The van der Waals surface area contributed by atoms with Gasteiger partial charge in [-0.15, -0.1) is 16.2 Å². The maximum atomic E-state index is 13.4. The van der Waals surface area contributed by atoms with Gasteiger partial charge in [0.2, 0.25) is 0 Å². The maximum absolute atomic E-state index is 13.4. The van der Waals surface area contributed by atoms with Gasteiger partial charge in [-0.25, -0.2) is 0 Å². The molecule has 162 valence electrons. The SMILES string of the molecule is CCc1cccnc1C1(N=O)CC2CCC(C1)N2C(=O)c1csc(C(C=NN)=CN)c1. The number of carbonyl (C=O) groups excluding carboxylic acids is 1. The Morgan fingerprint density at radius 2 is 2.13 bits per heavy atom. The summed E-state index contributed by atoms with van der Waals surface area (Å²) in [5, 5.41) is 8.98. The fourth-order valence-corrected chi connectivity index (χ4v) is 5.90. The highest BCUT2D eigenvalue weighted by atomic mass is 32.1. The predicted molar refractivity (Wildman–Crippen MR) is 122 cm³/mol. The summed E-state index contributed by atoms with van der Waals surface area (Å²) in [6, 6.07) is 5.65. The van der Waals surface area contributed by atoms with Gasteiger partial charge in [0.1, 0.15) is 5.54 Å². The highest BCUT2D eigenvalue weighted by Crippen LogP contribution is 2.48. The summed E-state index contributed by atoms with van der Waals surface area (Å²) in [4.78, 5) is 32.9. The minimum Gasteiger partial charge on any atom is -0.404 e. The van der Waals surface area contributed by atoms with Crippen LogP contribution < -0.4 is 11.6 Å². The number of rotatable bonds is 6. The first-order valence-electron chi connectivity index (χ1n) is 10.4. The first-order chi connectivity index (χ1) is 15.1. The van der Waals surface area contributed by atoms with Crippen molar-refractivity contribution in [3.05, 3.63) is 62.6 Å². The molecule has 0 aliphatic carbocycles. The second-order valence-electron chi connectivity index (χ2n) is 8.09. The molecule has 2 unspecified atom stereocenters. The number of aryl methyl sites for hydroxylation is 1. The second-order valence-corrected chi connectivity index (χ2v) is 9.00. The number of thiophene rings is 1. The molecule has 8 nitrogen and oxygen atoms in total. The van der Waals surface area contributed by atoms with Crippen molar-refractivity contribution in [1.82, 2.24) is 9.88 Å². The van der Waals surface area contributed by atoms with Gasteiger partial charge in [0.15, 0.2) is 0 Å². The molecule has 4 heterocycles. The largest absolute Gasteiger partial charge is 0.404 e. The smallest absolute Gasteiger partial charge is 0.255 e. The van der Waals surface area contributed by atoms with E-state index in [1.165, 1.54) is 23.8 Å². The van der Waals surface area contributed by atoms with Crippen LogP contribution in [0.25, 0.3) is 5.57 Å². The Balaban J connectivity index is 1.61. The average molecular weight is 439 g/mol. The summed E-state index contributed by atoms with van der Waals surface area (Å²) in [5.41, 5.74) is 7.88. The molecule has 2 aliphatic rings. The quantitative estimate of drug-likeness (QED) is 0.309. The van der Waals surface area contributed by atoms with E-state index in [2.05, 4.69) is 22.2 Å². The second kappa shape index (κ2) is 8.58. The lowest BCUT2D eigenvalue weighted by molar-refractivity contribution is 0.0475. The van der Waals surface area contributed by atoms with E-state index in [9.17, 15) is 9.70 Å². The number of nitrogens with zero attached hydrogens (tertiary/aromatic N) is 4. The standard InChI is InChI=1S/C22H26N6O2S/c1-2-14-4-3-7-25-20(14)22(27-30)9-17-5-6-18(10-22)28(17)21(29)15-8-19(31-13-15)16(11-23)12-26-24/h3-4,7-8,11-13,17-18H,2,5-6,9-10,23-24H2,1H3. The van der Waals surface area contributed by atoms with Crippen LogP contribution in [0.3, 0.4) is 0 Å². The first-order valence-corrected chi connectivity index (χ1v) is 11.3. The van der Waals surface area contributed by atoms with Crippen molar-refractivity contribution in [3.8, 4) is 0 Å². The van der Waals surface area contributed by atoms with Crippen molar-refractivity contribution in [2.75, 3.05) is 0 Å². The van der Waals surface area contributed by atoms with Crippen LogP contribution in [0.1, 0.15) is 59.1 Å². The lowest BCUT2D eigenvalue weighted by Crippen LogP contribution is -2.51. The normalized spacial score (nSPS) is 25.8. The number of hydrazone groups is 1. The molecule has 0 saturated carbocycles. The molecular formula is C22H26N6O2S. The van der Waals surface area contributed by atoms with Gasteiger partial charge in [0, 0.05) is 53.2 Å². The zero-order chi connectivity index (χ0) is 22.0. The van der Waals surface area contributed by atoms with E-state index < -0.39 is 5.54 Å². The van der Waals surface area contributed by atoms with Crippen molar-refractivity contribution >= 4 is 29.0 Å². The number of hydrogen-bond acceptors (Lipinski definition) is 8. The van der Waals surface area contributed by atoms with Crippen LogP contribution in [-0.4, -0.2) is 34.1 Å². The third-order valence-corrected chi connectivity index (χ3v) is 7.39. The molecule has 4 rings (SSSR count). The van der Waals surface area contributed by atoms with Gasteiger partial charge in [0.05, 0.1) is 17.5 Å². The van der Waals surface area contributed by atoms with Gasteiger partial charge in [-0.2, -0.15) is 5.10 Å². The number of fused-ring (bicyclic) bond motifs is 2. The minimum atomic E-state index is -0.873. The number of amides is 1. The van der Waals surface area contributed by atoms with Gasteiger partial charge in [0.25, 0.3) is 5.91 Å². The van der Waals surface area contributed by atoms with Crippen molar-refractivity contribution < 1.29 is 4.79 Å². The van der Waals surface area contributed by atoms with Crippen molar-refractivity contribution in [2.24, 2.45) is 21.9 Å². The first kappa shape index (κ1) is 21.2. The highest BCUT2D eigenvalue weighted by Gasteiger charge is 2.53. The number of carbonyl (C=O) groups is 1. The fourth-order valence-electron chi connectivity index (χ4n) is 5.03. The predicted octanol–water partition coefficient (Wildman–Crippen LogP) is 3.38. The summed E-state index contributed by atoms with van der Waals surface area (Å²) in [6.45, 7) is 2.06. The molecule has 2 saturated heterocycles. The average Bonchev–Trinajstić information content (AvgIpc) is 3.40. The third-order valence-electron chi connectivity index (χ3n) is 6.41. The molecule has 2 fully saturated rings. The van der Waals surface area contributed by atoms with Gasteiger partial charge < -0.3 is 16.5 Å². The summed E-state index contributed by atoms with van der Waals surface area (Å²) < 4.78 is 0. The number of nitroso groups, excluding NO2 is 1. The topological polar surface area (TPSA) is 127 Å². The molecule has 0 spiro atoms. The van der Waals surface area contributed by atoms with Crippen molar-refractivity contribution in [3.63, 3.8) is 0 Å². The zero-order valence-corrected chi connectivity index (χ0v) is 18.2. The number of allylic oxidation sites excluding steroid dienone is 1. The van der Waals surface area contributed by atoms with Gasteiger partial charge in [-0.1, -0.05) is 18.2 Å². The lowest BCUT2D eigenvalue weighted by atomic mass is 9.78. The molecule has 2 aromatic heterocycles. The van der Waals surface area contributed by atoms with Crippen LogP contribution in [-0.2, 0) is 12.0 Å². The third kappa shape index (κ3) is 3.63. The van der Waals surface area contributed by atoms with Crippen LogP contribution >= 0.6 is 11.3 Å². The molecule has 2 aromatic rings. The summed E-state index contributed by atoms with van der Waals surface area (Å²) in [5.74, 6) is 5.22. The van der Waals surface area contributed by atoms with Crippen LogP contribution in [0.2, 0.25) is 0 Å². The fraction of sp³-hybridized carbons (Fsp3) is 0.409. The molecular weight excluding hydrogens is 412 g/mol. The Morgan fingerprint density at radius 1 is 1.39 bits per heavy atom. The summed E-state index contributed by atoms with van der Waals surface area (Å²) in [6.07, 6.45) is 8.15. The Morgan fingerprint density at radius 3 is 2.74 bits per heavy atom. The molecule has 2 atom stereocenters. The zero-order valence-electron chi connectivity index (χ0n) is 17.4. The lowest BCUT2D eigenvalue weighted by Gasteiger charge is -2.43. The van der Waals surface area contributed by atoms with E-state index >= 15 is 0 Å². The Bertz CT molecular complexity index is 1030. The Labute approximate surface area is 185 Å². The molecule has 2 aliphatic heterocycles. The molecule has 31 heavy (non-hydrogen) atoms. The van der Waals surface area contributed by atoms with Gasteiger partial charge >= 0.3 is 0 Å². The van der Waals surface area contributed by atoms with E-state index in [-0.39, 0.29) is 18.0 Å². The number of pyridine rings is 1. The molecule has 4 N–H and O–H groups in total. The monoisotopic (exact) mass is 438 g/mol. The number of aromatic nitrogens is 1. The Hall–Kier alpha value is -3.07. The van der Waals surface area contributed by atoms with Gasteiger partial charge in [-0.3, -0.25) is 9.78 Å².